The van der Waals surface area contributed by atoms with Gasteiger partial charge >= 0.3 is 0 Å². The Bertz CT molecular complexity index is 369. The average Bonchev–Trinajstić information content (AvgIpc) is 2.17. The molecule has 0 radical (unpaired) electrons. The molecule has 0 saturated carbocycles. The first-order valence-electron chi connectivity index (χ1n) is 4.10. The van der Waals surface area contributed by atoms with Crippen LogP contribution in [0.25, 0.3) is 6.08 Å². The fourth-order valence-corrected chi connectivity index (χ4v) is 1.58. The Kier molecular flexibility index (Phi) is 1.68. The van der Waals surface area contributed by atoms with Crippen LogP contribution >= 0.6 is 0 Å². The maximum absolute atomic E-state index is 8.82. The van der Waals surface area contributed by atoms with Gasteiger partial charge in [0, 0.05) is 0 Å². The van der Waals surface area contributed by atoms with Crippen molar-refractivity contribution in [1.82, 2.24) is 0 Å². The number of hydrogen-bond acceptors (Lipinski definition) is 1. The quantitative estimate of drug-likeness (QED) is 0.564. The summed E-state index contributed by atoms with van der Waals surface area (Å²) in [6.45, 7) is 0. The Balaban J connectivity index is 2.63. The van der Waals surface area contributed by atoms with Crippen LogP contribution in [-0.2, 0) is 6.42 Å². The van der Waals surface area contributed by atoms with E-state index < -0.39 is 0 Å². The van der Waals surface area contributed by atoms with E-state index in [1.807, 2.05) is 12.1 Å². The highest BCUT2D eigenvalue weighted by molar-refractivity contribution is 5.60. The van der Waals surface area contributed by atoms with Gasteiger partial charge in [0.25, 0.3) is 0 Å². The zero-order valence-electron chi connectivity index (χ0n) is 6.75. The normalized spacial score (nSPS) is 13.6. The minimum absolute atomic E-state index is 0.830. The predicted molar refractivity (Wildman–Crippen MR) is 48.5 cm³/mol. The van der Waals surface area contributed by atoms with E-state index in [-0.39, 0.29) is 0 Å². The van der Waals surface area contributed by atoms with Crippen molar-refractivity contribution >= 4 is 6.08 Å². The molecule has 1 aromatic rings. The van der Waals surface area contributed by atoms with Crippen molar-refractivity contribution in [3.8, 4) is 6.07 Å². The second-order valence-electron chi connectivity index (χ2n) is 2.93. The van der Waals surface area contributed by atoms with Crippen LogP contribution in [0.1, 0.15) is 23.1 Å². The summed E-state index contributed by atoms with van der Waals surface area (Å²) >= 11 is 0. The van der Waals surface area contributed by atoms with Crippen molar-refractivity contribution in [2.75, 3.05) is 0 Å². The van der Waals surface area contributed by atoms with Crippen LogP contribution in [0, 0.1) is 11.3 Å². The minimum Gasteiger partial charge on any atom is -0.192 e. The molecule has 0 aliphatic heterocycles. The molecule has 0 N–H and O–H groups in total. The van der Waals surface area contributed by atoms with Crippen molar-refractivity contribution < 1.29 is 0 Å². The van der Waals surface area contributed by atoms with E-state index in [0.29, 0.717) is 0 Å². The molecule has 0 bridgehead atoms. The van der Waals surface area contributed by atoms with Gasteiger partial charge in [-0.15, -0.1) is 0 Å². The van der Waals surface area contributed by atoms with Gasteiger partial charge < -0.3 is 0 Å². The van der Waals surface area contributed by atoms with E-state index in [4.69, 9.17) is 5.26 Å². The predicted octanol–water partition coefficient (Wildman–Crippen LogP) is 2.52. The van der Waals surface area contributed by atoms with E-state index in [1.165, 1.54) is 11.1 Å². The molecule has 1 heteroatoms. The Morgan fingerprint density at radius 2 is 2.25 bits per heavy atom. The lowest BCUT2D eigenvalue weighted by Crippen LogP contribution is -1.96. The van der Waals surface area contributed by atoms with E-state index in [2.05, 4.69) is 24.3 Å². The first-order valence-corrected chi connectivity index (χ1v) is 4.10. The third-order valence-corrected chi connectivity index (χ3v) is 2.19. The van der Waals surface area contributed by atoms with E-state index >= 15 is 0 Å². The molecule has 2 rings (SSSR count). The largest absolute Gasteiger partial charge is 0.192 e. The van der Waals surface area contributed by atoms with Crippen LogP contribution in [0.15, 0.2) is 24.3 Å². The summed E-state index contributed by atoms with van der Waals surface area (Å²) in [6.07, 6.45) is 6.32. The van der Waals surface area contributed by atoms with Crippen LogP contribution in [0.4, 0.5) is 0 Å². The highest BCUT2D eigenvalue weighted by Crippen LogP contribution is 2.21. The number of benzene rings is 1. The Hall–Kier alpha value is -1.55. The lowest BCUT2D eigenvalue weighted by atomic mass is 9.93. The number of hydrogen-bond donors (Lipinski definition) is 0. The maximum Gasteiger partial charge on any atom is 0.0994 e. The number of nitriles is 1. The molecule has 1 nitrogen and oxygen atoms in total. The topological polar surface area (TPSA) is 23.8 Å². The van der Waals surface area contributed by atoms with Crippen LogP contribution in [0.5, 0.6) is 0 Å². The van der Waals surface area contributed by atoms with Gasteiger partial charge in [0.2, 0.25) is 0 Å². The van der Waals surface area contributed by atoms with Crippen molar-refractivity contribution in [2.45, 2.75) is 12.8 Å². The SMILES string of the molecule is N#Cc1cccc2c1CCC=C2. The monoisotopic (exact) mass is 155 g/mol. The van der Waals surface area contributed by atoms with Crippen molar-refractivity contribution in [2.24, 2.45) is 0 Å². The summed E-state index contributed by atoms with van der Waals surface area (Å²) < 4.78 is 0. The third kappa shape index (κ3) is 1.02. The minimum atomic E-state index is 0.830. The molecule has 1 aromatic carbocycles. The first-order chi connectivity index (χ1) is 5.92. The molecule has 1 aliphatic rings. The first kappa shape index (κ1) is 7.12. The molecule has 58 valence electrons. The van der Waals surface area contributed by atoms with Gasteiger partial charge in [0.1, 0.15) is 0 Å². The molecule has 0 aromatic heterocycles. The number of nitrogens with zero attached hydrogens (tertiary/aromatic N) is 1. The second kappa shape index (κ2) is 2.83. The van der Waals surface area contributed by atoms with E-state index in [1.54, 1.807) is 0 Å². The molecular weight excluding hydrogens is 146 g/mol. The molecular formula is C11H9N. The highest BCUT2D eigenvalue weighted by Gasteiger charge is 2.07. The van der Waals surface area contributed by atoms with Gasteiger partial charge in [0.15, 0.2) is 0 Å². The number of fused-ring (bicyclic) bond motifs is 1. The maximum atomic E-state index is 8.82. The fraction of sp³-hybridized carbons (Fsp3) is 0.182. The molecule has 0 unspecified atom stereocenters. The molecule has 0 heterocycles. The molecule has 12 heavy (non-hydrogen) atoms. The molecule has 1 aliphatic carbocycles. The summed E-state index contributed by atoms with van der Waals surface area (Å²) in [6, 6.07) is 8.11. The zero-order chi connectivity index (χ0) is 8.39. The summed E-state index contributed by atoms with van der Waals surface area (Å²) in [7, 11) is 0. The van der Waals surface area contributed by atoms with Gasteiger partial charge in [-0.1, -0.05) is 24.3 Å². The standard InChI is InChI=1S/C11H9N/c12-8-10-6-3-5-9-4-1-2-7-11(9)10/h1,3-6H,2,7H2. The Morgan fingerprint density at radius 1 is 1.33 bits per heavy atom. The van der Waals surface area contributed by atoms with Crippen molar-refractivity contribution in [1.29, 1.82) is 5.26 Å². The average molecular weight is 155 g/mol. The van der Waals surface area contributed by atoms with Gasteiger partial charge in [-0.3, -0.25) is 0 Å². The highest BCUT2D eigenvalue weighted by atomic mass is 14.2. The van der Waals surface area contributed by atoms with Crippen molar-refractivity contribution in [3.05, 3.63) is 41.0 Å². The van der Waals surface area contributed by atoms with Crippen LogP contribution < -0.4 is 0 Å². The van der Waals surface area contributed by atoms with E-state index in [0.717, 1.165) is 18.4 Å². The van der Waals surface area contributed by atoms with E-state index in [9.17, 15) is 0 Å². The van der Waals surface area contributed by atoms with Gasteiger partial charge in [-0.25, -0.2) is 0 Å². The summed E-state index contributed by atoms with van der Waals surface area (Å²) in [5.41, 5.74) is 3.25. The van der Waals surface area contributed by atoms with Gasteiger partial charge in [0.05, 0.1) is 11.6 Å². The molecule has 0 atom stereocenters. The summed E-state index contributed by atoms with van der Waals surface area (Å²) in [5.74, 6) is 0. The van der Waals surface area contributed by atoms with Gasteiger partial charge in [-0.05, 0) is 30.0 Å². The van der Waals surface area contributed by atoms with Crippen LogP contribution in [0.3, 0.4) is 0 Å². The lowest BCUT2D eigenvalue weighted by molar-refractivity contribution is 0.980. The van der Waals surface area contributed by atoms with Crippen LogP contribution in [-0.4, -0.2) is 0 Å². The Labute approximate surface area is 72.0 Å². The molecule has 0 amide bonds. The zero-order valence-corrected chi connectivity index (χ0v) is 6.75. The molecule has 0 spiro atoms. The Morgan fingerprint density at radius 3 is 3.08 bits per heavy atom. The second-order valence-corrected chi connectivity index (χ2v) is 2.93. The summed E-state index contributed by atoms with van der Waals surface area (Å²) in [5, 5.41) is 8.82. The fourth-order valence-electron chi connectivity index (χ4n) is 1.58. The smallest absolute Gasteiger partial charge is 0.0994 e. The molecule has 0 fully saturated rings. The number of allylic oxidation sites excluding steroid dienone is 1. The van der Waals surface area contributed by atoms with Gasteiger partial charge in [-0.2, -0.15) is 5.26 Å². The lowest BCUT2D eigenvalue weighted by Gasteiger charge is -2.10. The van der Waals surface area contributed by atoms with Crippen LogP contribution in [0.2, 0.25) is 0 Å². The summed E-state index contributed by atoms with van der Waals surface area (Å²) in [4.78, 5) is 0. The van der Waals surface area contributed by atoms with Crippen molar-refractivity contribution in [3.63, 3.8) is 0 Å². The molecule has 0 saturated heterocycles. The third-order valence-electron chi connectivity index (χ3n) is 2.19. The number of rotatable bonds is 0.